The van der Waals surface area contributed by atoms with E-state index in [1.165, 1.54) is 43.6 Å². The zero-order valence-corrected chi connectivity index (χ0v) is 18.5. The van der Waals surface area contributed by atoms with Crippen molar-refractivity contribution in [3.63, 3.8) is 0 Å². The maximum absolute atomic E-state index is 13.0. The number of rotatable bonds is 6. The van der Waals surface area contributed by atoms with Crippen molar-refractivity contribution < 1.29 is 37.7 Å². The van der Waals surface area contributed by atoms with Gasteiger partial charge in [-0.05, 0) is 35.9 Å². The van der Waals surface area contributed by atoms with Gasteiger partial charge in [0.1, 0.15) is 24.8 Å². The van der Waals surface area contributed by atoms with E-state index in [4.69, 9.17) is 0 Å². The van der Waals surface area contributed by atoms with Crippen LogP contribution in [-0.4, -0.2) is 47.4 Å². The van der Waals surface area contributed by atoms with E-state index in [9.17, 15) is 33.0 Å². The Bertz CT molecular complexity index is 1400. The van der Waals surface area contributed by atoms with Crippen LogP contribution in [0.2, 0.25) is 0 Å². The van der Waals surface area contributed by atoms with Crippen LogP contribution in [0.1, 0.15) is 10.4 Å². The number of carboxylic acid groups (broad SMARTS) is 1. The van der Waals surface area contributed by atoms with E-state index in [0.29, 0.717) is 11.1 Å². The lowest BCUT2D eigenvalue weighted by atomic mass is 10.0. The summed E-state index contributed by atoms with van der Waals surface area (Å²) in [4.78, 5) is 24.2. The SMILES string of the molecule is C[N+]1(c2ccc(OC(F)(F)F)cc2)N=CC(=NNc2cccc(-c3cccc(C(=O)O)c3)c2O)C1=O. The number of phenolic OH excluding ortho intramolecular Hbond substituents is 1. The van der Waals surface area contributed by atoms with Crippen LogP contribution in [0.3, 0.4) is 0 Å². The molecule has 0 spiro atoms. The number of ether oxygens (including phenoxy) is 1. The molecule has 12 heteroatoms. The van der Waals surface area contributed by atoms with Crippen LogP contribution in [0.5, 0.6) is 11.5 Å². The van der Waals surface area contributed by atoms with Crippen molar-refractivity contribution in [1.82, 2.24) is 4.59 Å². The van der Waals surface area contributed by atoms with Crippen LogP contribution in [-0.2, 0) is 4.79 Å². The number of quaternary nitrogens is 1. The van der Waals surface area contributed by atoms with E-state index in [1.807, 2.05) is 0 Å². The van der Waals surface area contributed by atoms with Crippen LogP contribution < -0.4 is 14.8 Å². The molecular weight excluding hydrogens is 481 g/mol. The normalized spacial score (nSPS) is 18.4. The predicted octanol–water partition coefficient (Wildman–Crippen LogP) is 4.59. The average Bonchev–Trinajstić information content (AvgIpc) is 3.12. The summed E-state index contributed by atoms with van der Waals surface area (Å²) >= 11 is 0. The molecule has 3 N–H and O–H groups in total. The minimum atomic E-state index is -4.84. The molecule has 1 aliphatic rings. The van der Waals surface area contributed by atoms with Crippen molar-refractivity contribution in [1.29, 1.82) is 0 Å². The van der Waals surface area contributed by atoms with E-state index < -0.39 is 28.6 Å². The van der Waals surface area contributed by atoms with Gasteiger partial charge in [-0.3, -0.25) is 5.43 Å². The molecule has 0 saturated heterocycles. The summed E-state index contributed by atoms with van der Waals surface area (Å²) in [5, 5.41) is 28.1. The number of anilines is 1. The molecule has 0 saturated carbocycles. The summed E-state index contributed by atoms with van der Waals surface area (Å²) in [6.07, 6.45) is -3.64. The van der Waals surface area contributed by atoms with Gasteiger partial charge < -0.3 is 14.9 Å². The number of hydrogen-bond donors (Lipinski definition) is 3. The number of aromatic hydroxyl groups is 1. The Morgan fingerprint density at radius 2 is 1.78 bits per heavy atom. The highest BCUT2D eigenvalue weighted by Gasteiger charge is 2.43. The molecule has 0 bridgehead atoms. The van der Waals surface area contributed by atoms with Gasteiger partial charge in [0.2, 0.25) is 5.71 Å². The Labute approximate surface area is 202 Å². The smallest absolute Gasteiger partial charge is 0.505 e. The minimum Gasteiger partial charge on any atom is -0.505 e. The molecule has 1 amide bonds. The van der Waals surface area contributed by atoms with E-state index in [-0.39, 0.29) is 28.4 Å². The highest BCUT2D eigenvalue weighted by atomic mass is 19.4. The van der Waals surface area contributed by atoms with Gasteiger partial charge in [-0.1, -0.05) is 29.4 Å². The van der Waals surface area contributed by atoms with Crippen molar-refractivity contribution in [2.24, 2.45) is 10.2 Å². The van der Waals surface area contributed by atoms with Gasteiger partial charge in [0.15, 0.2) is 5.69 Å². The number of nitrogens with zero attached hydrogens (tertiary/aromatic N) is 3. The third-order valence-electron chi connectivity index (χ3n) is 5.35. The topological polar surface area (TPSA) is 121 Å². The molecule has 4 rings (SSSR count). The van der Waals surface area contributed by atoms with E-state index in [0.717, 1.165) is 12.1 Å². The first-order valence-corrected chi connectivity index (χ1v) is 10.3. The second-order valence-corrected chi connectivity index (χ2v) is 7.75. The molecule has 0 aliphatic carbocycles. The molecule has 3 aromatic rings. The number of carbonyl (C=O) groups excluding carboxylic acids is 1. The molecule has 1 unspecified atom stereocenters. The predicted molar refractivity (Wildman–Crippen MR) is 126 cm³/mol. The first-order valence-electron chi connectivity index (χ1n) is 10.3. The number of nitrogens with one attached hydrogen (secondary N) is 1. The molecule has 0 fully saturated rings. The molecule has 1 aliphatic heterocycles. The summed E-state index contributed by atoms with van der Waals surface area (Å²) in [6.45, 7) is 0. The lowest BCUT2D eigenvalue weighted by Gasteiger charge is -2.20. The summed E-state index contributed by atoms with van der Waals surface area (Å²) in [7, 11) is 1.44. The van der Waals surface area contributed by atoms with Crippen molar-refractivity contribution in [2.75, 3.05) is 12.5 Å². The number of halogens is 3. The molecule has 0 aromatic heterocycles. The first-order chi connectivity index (χ1) is 17.0. The maximum atomic E-state index is 13.0. The molecule has 0 radical (unpaired) electrons. The number of carbonyl (C=O) groups is 2. The zero-order valence-electron chi connectivity index (χ0n) is 18.5. The monoisotopic (exact) mass is 499 g/mol. The number of carboxylic acids is 1. The summed E-state index contributed by atoms with van der Waals surface area (Å²) in [6, 6.07) is 15.5. The second kappa shape index (κ2) is 9.15. The summed E-state index contributed by atoms with van der Waals surface area (Å²) in [5.74, 6) is -2.34. The number of aromatic carboxylic acids is 1. The van der Waals surface area contributed by atoms with Crippen molar-refractivity contribution >= 4 is 35.2 Å². The highest BCUT2D eigenvalue weighted by Crippen LogP contribution is 2.36. The van der Waals surface area contributed by atoms with Gasteiger partial charge in [-0.25, -0.2) is 9.59 Å². The fraction of sp³-hybridized carbons (Fsp3) is 0.0833. The highest BCUT2D eigenvalue weighted by molar-refractivity contribution is 6.64. The van der Waals surface area contributed by atoms with Crippen molar-refractivity contribution in [3.05, 3.63) is 72.3 Å². The van der Waals surface area contributed by atoms with Crippen molar-refractivity contribution in [3.8, 4) is 22.6 Å². The third-order valence-corrected chi connectivity index (χ3v) is 5.35. The van der Waals surface area contributed by atoms with Crippen LogP contribution in [0.4, 0.5) is 24.5 Å². The number of amides is 1. The quantitative estimate of drug-likeness (QED) is 0.259. The Morgan fingerprint density at radius 3 is 2.44 bits per heavy atom. The second-order valence-electron chi connectivity index (χ2n) is 7.75. The lowest BCUT2D eigenvalue weighted by Crippen LogP contribution is -2.44. The van der Waals surface area contributed by atoms with Crippen LogP contribution in [0, 0.1) is 0 Å². The summed E-state index contributed by atoms with van der Waals surface area (Å²) in [5.41, 5.74) is 3.80. The summed E-state index contributed by atoms with van der Waals surface area (Å²) < 4.78 is 40.4. The third kappa shape index (κ3) is 4.88. The Morgan fingerprint density at radius 1 is 1.08 bits per heavy atom. The van der Waals surface area contributed by atoms with E-state index in [2.05, 4.69) is 20.4 Å². The van der Waals surface area contributed by atoms with Crippen LogP contribution in [0.25, 0.3) is 11.1 Å². The van der Waals surface area contributed by atoms with Gasteiger partial charge in [-0.15, -0.1) is 17.8 Å². The van der Waals surface area contributed by atoms with Gasteiger partial charge in [0, 0.05) is 17.7 Å². The fourth-order valence-corrected chi connectivity index (χ4v) is 3.51. The van der Waals surface area contributed by atoms with Gasteiger partial charge in [0.05, 0.1) is 11.3 Å². The Hall–Kier alpha value is -4.71. The maximum Gasteiger partial charge on any atom is 0.573 e. The number of alkyl halides is 3. The fourth-order valence-electron chi connectivity index (χ4n) is 3.51. The minimum absolute atomic E-state index is 0.0494. The van der Waals surface area contributed by atoms with Gasteiger partial charge in [-0.2, -0.15) is 5.10 Å². The van der Waals surface area contributed by atoms with Crippen molar-refractivity contribution in [2.45, 2.75) is 6.36 Å². The molecule has 36 heavy (non-hydrogen) atoms. The van der Waals surface area contributed by atoms with E-state index >= 15 is 0 Å². The molecule has 184 valence electrons. The van der Waals surface area contributed by atoms with E-state index in [1.54, 1.807) is 24.3 Å². The zero-order chi connectivity index (χ0) is 26.1. The molecule has 1 heterocycles. The van der Waals surface area contributed by atoms with Crippen LogP contribution in [0.15, 0.2) is 76.9 Å². The average molecular weight is 499 g/mol. The Kier molecular flexibility index (Phi) is 6.21. The number of phenols is 1. The van der Waals surface area contributed by atoms with Crippen LogP contribution >= 0.6 is 0 Å². The number of hydrogen-bond acceptors (Lipinski definition) is 7. The first kappa shape index (κ1) is 24.4. The van der Waals surface area contributed by atoms with Gasteiger partial charge in [0.25, 0.3) is 0 Å². The van der Waals surface area contributed by atoms with Gasteiger partial charge >= 0.3 is 18.2 Å². The molecular formula is C24H18F3N4O5+. The standard InChI is InChI=1S/C24H17F3N4O5/c1-31(16-8-10-17(11-9-16)36-24(25,26)27)22(33)20(13-28-31)30-29-19-7-3-6-18(21(19)32)14-4-2-5-15(12-14)23(34)35/h2-13H,1H3,(H2-,28,29,30,32,33,34,35)/p+1. The molecule has 1 atom stereocenters. The number of benzene rings is 3. The Balaban J connectivity index is 1.54. The molecule has 9 nitrogen and oxygen atoms in total. The lowest BCUT2D eigenvalue weighted by molar-refractivity contribution is -0.274. The number of para-hydroxylation sites is 1. The number of hydrazone groups is 1. The molecule has 3 aromatic carbocycles. The largest absolute Gasteiger partial charge is 0.573 e.